The number of nitro groups is 1. The molecule has 4 nitrogen and oxygen atoms in total. The van der Waals surface area contributed by atoms with E-state index in [9.17, 15) is 15.1 Å². The molecule has 114 valence electrons. The highest BCUT2D eigenvalue weighted by molar-refractivity contribution is 6.56. The molecule has 0 aromatic carbocycles. The minimum absolute atomic E-state index is 0.451. The van der Waals surface area contributed by atoms with Gasteiger partial charge in [0, 0.05) is 0 Å². The molecule has 0 saturated carbocycles. The molecule has 0 rings (SSSR count). The second kappa shape index (κ2) is 12.9. The lowest BCUT2D eigenvalue weighted by Gasteiger charge is -2.03. The molecular formula is C15H28BNO3. The summed E-state index contributed by atoms with van der Waals surface area (Å²) in [6.07, 6.45) is 13.3. The van der Waals surface area contributed by atoms with Crippen LogP contribution in [0.1, 0.15) is 65.2 Å². The van der Waals surface area contributed by atoms with Crippen LogP contribution in [0.25, 0.3) is 0 Å². The number of nitrogens with zero attached hydrogens (tertiary/aromatic N) is 1. The van der Waals surface area contributed by atoms with Crippen molar-refractivity contribution in [2.45, 2.75) is 71.5 Å². The van der Waals surface area contributed by atoms with Crippen LogP contribution in [0.2, 0.25) is 6.32 Å². The zero-order chi connectivity index (χ0) is 15.2. The normalized spacial score (nSPS) is 12.1. The standard InChI is InChI=1S/C15H28BNO3/c1-3-4-5-6-7-8-9-10-15(2)11-12-16(18)13-14-17(19)20/h11,13-14,18H,3-10,12H2,1-2H3/b14-13+,15-11+. The van der Waals surface area contributed by atoms with E-state index in [1.54, 1.807) is 0 Å². The average molecular weight is 281 g/mol. The lowest BCUT2D eigenvalue weighted by molar-refractivity contribution is -0.402. The van der Waals surface area contributed by atoms with Crippen LogP contribution in [0.15, 0.2) is 23.8 Å². The van der Waals surface area contributed by atoms with Gasteiger partial charge < -0.3 is 5.02 Å². The fraction of sp³-hybridized carbons (Fsp3) is 0.733. The van der Waals surface area contributed by atoms with Crippen molar-refractivity contribution >= 4 is 6.92 Å². The van der Waals surface area contributed by atoms with Crippen molar-refractivity contribution in [1.82, 2.24) is 0 Å². The quantitative estimate of drug-likeness (QED) is 0.190. The second-order valence-corrected chi connectivity index (χ2v) is 5.35. The molecule has 0 aliphatic carbocycles. The number of hydrogen-bond donors (Lipinski definition) is 1. The summed E-state index contributed by atoms with van der Waals surface area (Å²) in [5.41, 5.74) is 1.26. The van der Waals surface area contributed by atoms with E-state index in [-0.39, 0.29) is 0 Å². The largest absolute Gasteiger partial charge is 0.446 e. The molecule has 0 aromatic heterocycles. The number of rotatable bonds is 12. The Bertz CT molecular complexity index is 316. The molecule has 0 amide bonds. The van der Waals surface area contributed by atoms with Gasteiger partial charge in [-0.1, -0.05) is 57.1 Å². The Kier molecular flexibility index (Phi) is 12.2. The highest BCUT2D eigenvalue weighted by Crippen LogP contribution is 2.13. The van der Waals surface area contributed by atoms with Crippen molar-refractivity contribution in [2.75, 3.05) is 0 Å². The monoisotopic (exact) mass is 281 g/mol. The van der Waals surface area contributed by atoms with Gasteiger partial charge in [0.1, 0.15) is 0 Å². The van der Waals surface area contributed by atoms with Gasteiger partial charge in [-0.05, 0) is 32.1 Å². The first-order valence-electron chi connectivity index (χ1n) is 7.71. The van der Waals surface area contributed by atoms with Crippen LogP contribution in [0.4, 0.5) is 0 Å². The first-order chi connectivity index (χ1) is 9.56. The van der Waals surface area contributed by atoms with Crippen LogP contribution in [0, 0.1) is 10.1 Å². The maximum atomic E-state index is 10.1. The van der Waals surface area contributed by atoms with E-state index in [1.165, 1.54) is 56.5 Å². The van der Waals surface area contributed by atoms with Crippen molar-refractivity contribution in [2.24, 2.45) is 0 Å². The summed E-state index contributed by atoms with van der Waals surface area (Å²) < 4.78 is 0. The summed E-state index contributed by atoms with van der Waals surface area (Å²) in [5.74, 6) is 1.22. The Morgan fingerprint density at radius 1 is 1.20 bits per heavy atom. The molecule has 0 bridgehead atoms. The molecule has 0 heterocycles. The summed E-state index contributed by atoms with van der Waals surface area (Å²) in [6, 6.07) is 0. The molecule has 0 aliphatic rings. The Balaban J connectivity index is 3.62. The maximum absolute atomic E-state index is 10.1. The summed E-state index contributed by atoms with van der Waals surface area (Å²) in [4.78, 5) is 9.55. The minimum Gasteiger partial charge on any atom is -0.446 e. The van der Waals surface area contributed by atoms with Crippen LogP contribution in [-0.2, 0) is 0 Å². The van der Waals surface area contributed by atoms with Gasteiger partial charge in [-0.15, -0.1) is 0 Å². The molecule has 0 saturated heterocycles. The van der Waals surface area contributed by atoms with E-state index in [1.807, 2.05) is 6.08 Å². The van der Waals surface area contributed by atoms with E-state index < -0.39 is 11.8 Å². The molecular weight excluding hydrogens is 253 g/mol. The smallest absolute Gasteiger partial charge is 0.326 e. The topological polar surface area (TPSA) is 63.4 Å². The summed E-state index contributed by atoms with van der Waals surface area (Å²) >= 11 is 0. The Labute approximate surface area is 123 Å². The third-order valence-electron chi connectivity index (χ3n) is 3.31. The Morgan fingerprint density at radius 2 is 1.80 bits per heavy atom. The van der Waals surface area contributed by atoms with Gasteiger partial charge in [0.15, 0.2) is 0 Å². The van der Waals surface area contributed by atoms with Gasteiger partial charge in [0.25, 0.3) is 0 Å². The highest BCUT2D eigenvalue weighted by atomic mass is 16.6. The van der Waals surface area contributed by atoms with Crippen molar-refractivity contribution in [3.63, 3.8) is 0 Å². The lowest BCUT2D eigenvalue weighted by Crippen LogP contribution is -2.07. The average Bonchev–Trinajstić information content (AvgIpc) is 2.41. The molecule has 0 fully saturated rings. The fourth-order valence-electron chi connectivity index (χ4n) is 2.03. The molecule has 0 aromatic rings. The third-order valence-corrected chi connectivity index (χ3v) is 3.31. The summed E-state index contributed by atoms with van der Waals surface area (Å²) in [5, 5.41) is 19.6. The van der Waals surface area contributed by atoms with E-state index in [0.717, 1.165) is 12.6 Å². The Hall–Kier alpha value is -1.10. The van der Waals surface area contributed by atoms with Gasteiger partial charge in [-0.2, -0.15) is 0 Å². The predicted octanol–water partition coefficient (Wildman–Crippen LogP) is 4.39. The van der Waals surface area contributed by atoms with E-state index in [4.69, 9.17) is 0 Å². The van der Waals surface area contributed by atoms with Gasteiger partial charge >= 0.3 is 6.92 Å². The van der Waals surface area contributed by atoms with E-state index in [2.05, 4.69) is 13.8 Å². The van der Waals surface area contributed by atoms with Crippen molar-refractivity contribution in [3.05, 3.63) is 33.9 Å². The summed E-state index contributed by atoms with van der Waals surface area (Å²) in [7, 11) is 0. The molecule has 0 radical (unpaired) electrons. The number of unbranched alkanes of at least 4 members (excludes halogenated alkanes) is 6. The first kappa shape index (κ1) is 18.9. The first-order valence-corrected chi connectivity index (χ1v) is 7.71. The third kappa shape index (κ3) is 13.3. The predicted molar refractivity (Wildman–Crippen MR) is 85.3 cm³/mol. The highest BCUT2D eigenvalue weighted by Gasteiger charge is 2.05. The van der Waals surface area contributed by atoms with Gasteiger partial charge in [0.2, 0.25) is 6.20 Å². The van der Waals surface area contributed by atoms with Gasteiger partial charge in [-0.3, -0.25) is 10.1 Å². The molecule has 20 heavy (non-hydrogen) atoms. The zero-order valence-corrected chi connectivity index (χ0v) is 12.9. The molecule has 0 aliphatic heterocycles. The molecule has 0 unspecified atom stereocenters. The zero-order valence-electron chi connectivity index (χ0n) is 12.9. The van der Waals surface area contributed by atoms with Crippen LogP contribution >= 0.6 is 0 Å². The van der Waals surface area contributed by atoms with Crippen LogP contribution in [-0.4, -0.2) is 16.9 Å². The van der Waals surface area contributed by atoms with Crippen LogP contribution in [0.5, 0.6) is 0 Å². The van der Waals surface area contributed by atoms with Crippen molar-refractivity contribution < 1.29 is 9.95 Å². The minimum atomic E-state index is -0.760. The number of hydrogen-bond acceptors (Lipinski definition) is 3. The van der Waals surface area contributed by atoms with Crippen molar-refractivity contribution in [1.29, 1.82) is 0 Å². The molecule has 5 heteroatoms. The van der Waals surface area contributed by atoms with Gasteiger partial charge in [-0.25, -0.2) is 0 Å². The Morgan fingerprint density at radius 3 is 2.40 bits per heavy atom. The van der Waals surface area contributed by atoms with Crippen LogP contribution in [0.3, 0.4) is 0 Å². The molecule has 0 atom stereocenters. The molecule has 0 spiro atoms. The van der Waals surface area contributed by atoms with E-state index >= 15 is 0 Å². The lowest BCUT2D eigenvalue weighted by atomic mass is 9.65. The maximum Gasteiger partial charge on any atom is 0.326 e. The van der Waals surface area contributed by atoms with Crippen LogP contribution < -0.4 is 0 Å². The van der Waals surface area contributed by atoms with E-state index in [0.29, 0.717) is 6.32 Å². The second-order valence-electron chi connectivity index (χ2n) is 5.35. The fourth-order valence-corrected chi connectivity index (χ4v) is 2.03. The van der Waals surface area contributed by atoms with Gasteiger partial charge in [0.05, 0.1) is 4.92 Å². The molecule has 1 N–H and O–H groups in total. The number of allylic oxidation sites excluding steroid dienone is 2. The SMILES string of the molecule is CCCCCCCCC/C(C)=C/CB(O)/C=C/[N+](=O)[O-]. The summed E-state index contributed by atoms with van der Waals surface area (Å²) in [6.45, 7) is 3.52. The van der Waals surface area contributed by atoms with Crippen molar-refractivity contribution in [3.8, 4) is 0 Å².